The maximum atomic E-state index is 12.0. The van der Waals surface area contributed by atoms with Crippen LogP contribution in [-0.2, 0) is 6.42 Å². The average Bonchev–Trinajstić information content (AvgIpc) is 2.48. The van der Waals surface area contributed by atoms with Crippen molar-refractivity contribution in [3.05, 3.63) is 82.2 Å². The summed E-state index contributed by atoms with van der Waals surface area (Å²) in [6.45, 7) is 0. The summed E-state index contributed by atoms with van der Waals surface area (Å²) in [5.41, 5.74) is 1.37. The van der Waals surface area contributed by atoms with Gasteiger partial charge in [0.25, 0.3) is 0 Å². The van der Waals surface area contributed by atoms with Gasteiger partial charge in [0.05, 0.1) is 5.39 Å². The first kappa shape index (κ1) is 12.6. The smallest absolute Gasteiger partial charge is 0.193 e. The molecule has 3 aromatic rings. The van der Waals surface area contributed by atoms with E-state index in [1.807, 2.05) is 30.3 Å². The lowest BCUT2D eigenvalue weighted by atomic mass is 10.1. The van der Waals surface area contributed by atoms with Crippen molar-refractivity contribution in [3.63, 3.8) is 0 Å². The van der Waals surface area contributed by atoms with Gasteiger partial charge in [-0.15, -0.1) is 0 Å². The Balaban J connectivity index is 1.96. The fourth-order valence-corrected chi connectivity index (χ4v) is 2.22. The molecule has 1 aromatic heterocycles. The molecule has 0 saturated carbocycles. The number of aliphatic hydroxyl groups excluding tert-OH is 1. The van der Waals surface area contributed by atoms with Gasteiger partial charge < -0.3 is 9.52 Å². The van der Waals surface area contributed by atoms with Crippen LogP contribution in [-0.4, -0.2) is 5.11 Å². The summed E-state index contributed by atoms with van der Waals surface area (Å²) in [5, 5.41) is 10.8. The fourth-order valence-electron chi connectivity index (χ4n) is 2.22. The minimum Gasteiger partial charge on any atom is -0.458 e. The van der Waals surface area contributed by atoms with E-state index >= 15 is 0 Å². The quantitative estimate of drug-likeness (QED) is 0.792. The molecule has 0 fully saturated rings. The lowest BCUT2D eigenvalue weighted by Crippen LogP contribution is -2.07. The van der Waals surface area contributed by atoms with Crippen LogP contribution in [0.1, 0.15) is 17.4 Å². The predicted molar refractivity (Wildman–Crippen MR) is 77.6 cm³/mol. The molecule has 1 heterocycles. The van der Waals surface area contributed by atoms with E-state index < -0.39 is 6.10 Å². The topological polar surface area (TPSA) is 50.4 Å². The lowest BCUT2D eigenvalue weighted by Gasteiger charge is -2.10. The molecule has 3 rings (SSSR count). The van der Waals surface area contributed by atoms with Gasteiger partial charge in [-0.2, -0.15) is 0 Å². The van der Waals surface area contributed by atoms with Crippen LogP contribution in [0.15, 0.2) is 69.9 Å². The highest BCUT2D eigenvalue weighted by Gasteiger charge is 2.13. The van der Waals surface area contributed by atoms with Crippen LogP contribution in [0.3, 0.4) is 0 Å². The van der Waals surface area contributed by atoms with Crippen LogP contribution in [0.5, 0.6) is 0 Å². The fraction of sp³-hybridized carbons (Fsp3) is 0.118. The first-order valence-corrected chi connectivity index (χ1v) is 6.49. The van der Waals surface area contributed by atoms with E-state index in [0.717, 1.165) is 5.56 Å². The number of aliphatic hydroxyl groups is 1. The number of rotatable bonds is 3. The van der Waals surface area contributed by atoms with Crippen molar-refractivity contribution in [2.45, 2.75) is 12.5 Å². The molecule has 20 heavy (non-hydrogen) atoms. The second kappa shape index (κ2) is 5.31. The molecule has 0 aliphatic heterocycles. The van der Waals surface area contributed by atoms with Crippen molar-refractivity contribution in [1.29, 1.82) is 0 Å². The standard InChI is InChI=1S/C17H14O3/c18-14-11-17(20-16-9-5-4-8-13(14)16)15(19)10-12-6-2-1-3-7-12/h1-9,11,15,19H,10H2/t15-/m1/s1. The van der Waals surface area contributed by atoms with E-state index in [2.05, 4.69) is 0 Å². The van der Waals surface area contributed by atoms with Crippen molar-refractivity contribution in [2.24, 2.45) is 0 Å². The van der Waals surface area contributed by atoms with Gasteiger partial charge in [-0.25, -0.2) is 0 Å². The highest BCUT2D eigenvalue weighted by Crippen LogP contribution is 2.20. The summed E-state index contributed by atoms with van der Waals surface area (Å²) in [4.78, 5) is 12.0. The van der Waals surface area contributed by atoms with Gasteiger partial charge in [0.15, 0.2) is 5.43 Å². The Morgan fingerprint density at radius 1 is 1.00 bits per heavy atom. The Bertz CT molecular complexity index is 775. The number of benzene rings is 2. The van der Waals surface area contributed by atoms with Crippen LogP contribution in [0.2, 0.25) is 0 Å². The van der Waals surface area contributed by atoms with Crippen molar-refractivity contribution >= 4 is 11.0 Å². The van der Waals surface area contributed by atoms with Gasteiger partial charge in [0.2, 0.25) is 0 Å². The summed E-state index contributed by atoms with van der Waals surface area (Å²) >= 11 is 0. The molecule has 0 radical (unpaired) electrons. The average molecular weight is 266 g/mol. The molecule has 1 atom stereocenters. The minimum absolute atomic E-state index is 0.131. The molecule has 3 heteroatoms. The first-order chi connectivity index (χ1) is 9.74. The van der Waals surface area contributed by atoms with Crippen molar-refractivity contribution < 1.29 is 9.52 Å². The monoisotopic (exact) mass is 266 g/mol. The SMILES string of the molecule is O=c1cc([C@H](O)Cc2ccccc2)oc2ccccc12. The predicted octanol–water partition coefficient (Wildman–Crippen LogP) is 3.07. The van der Waals surface area contributed by atoms with Gasteiger partial charge in [0, 0.05) is 12.5 Å². The second-order valence-corrected chi connectivity index (χ2v) is 4.71. The van der Waals surface area contributed by atoms with Crippen LogP contribution < -0.4 is 5.43 Å². The molecule has 0 spiro atoms. The van der Waals surface area contributed by atoms with E-state index in [0.29, 0.717) is 23.2 Å². The zero-order valence-corrected chi connectivity index (χ0v) is 10.8. The molecule has 1 N–H and O–H groups in total. The molecule has 100 valence electrons. The molecule has 2 aromatic carbocycles. The molecular formula is C17H14O3. The molecular weight excluding hydrogens is 252 g/mol. The molecule has 0 unspecified atom stereocenters. The zero-order valence-electron chi connectivity index (χ0n) is 10.8. The van der Waals surface area contributed by atoms with Gasteiger partial charge in [-0.3, -0.25) is 4.79 Å². The van der Waals surface area contributed by atoms with E-state index in [1.54, 1.807) is 24.3 Å². The van der Waals surface area contributed by atoms with Crippen molar-refractivity contribution in [1.82, 2.24) is 0 Å². The Morgan fingerprint density at radius 3 is 2.50 bits per heavy atom. The minimum atomic E-state index is -0.824. The van der Waals surface area contributed by atoms with Crippen LogP contribution in [0.25, 0.3) is 11.0 Å². The first-order valence-electron chi connectivity index (χ1n) is 6.49. The zero-order chi connectivity index (χ0) is 13.9. The highest BCUT2D eigenvalue weighted by molar-refractivity contribution is 5.76. The van der Waals surface area contributed by atoms with E-state index in [9.17, 15) is 9.90 Å². The maximum Gasteiger partial charge on any atom is 0.193 e. The summed E-state index contributed by atoms with van der Waals surface area (Å²) in [5.74, 6) is 0.303. The van der Waals surface area contributed by atoms with Crippen LogP contribution >= 0.6 is 0 Å². The van der Waals surface area contributed by atoms with E-state index in [-0.39, 0.29) is 5.43 Å². The second-order valence-electron chi connectivity index (χ2n) is 4.71. The lowest BCUT2D eigenvalue weighted by molar-refractivity contribution is 0.151. The largest absolute Gasteiger partial charge is 0.458 e. The number of fused-ring (bicyclic) bond motifs is 1. The van der Waals surface area contributed by atoms with Crippen LogP contribution in [0, 0.1) is 0 Å². The Morgan fingerprint density at radius 2 is 1.70 bits per heavy atom. The van der Waals surface area contributed by atoms with E-state index in [4.69, 9.17) is 4.42 Å². The van der Waals surface area contributed by atoms with E-state index in [1.165, 1.54) is 6.07 Å². The Hall–Kier alpha value is -2.39. The Kier molecular flexibility index (Phi) is 3.35. The Labute approximate surface area is 116 Å². The third-order valence-corrected chi connectivity index (χ3v) is 3.25. The summed E-state index contributed by atoms with van der Waals surface area (Å²) < 4.78 is 5.63. The maximum absolute atomic E-state index is 12.0. The van der Waals surface area contributed by atoms with Gasteiger partial charge in [-0.05, 0) is 17.7 Å². The van der Waals surface area contributed by atoms with Gasteiger partial charge in [0.1, 0.15) is 17.4 Å². The normalized spacial score (nSPS) is 12.4. The summed E-state index contributed by atoms with van der Waals surface area (Å²) in [7, 11) is 0. The number of hydrogen-bond donors (Lipinski definition) is 1. The molecule has 0 bridgehead atoms. The molecule has 3 nitrogen and oxygen atoms in total. The summed E-state index contributed by atoms with van der Waals surface area (Å²) in [6.07, 6.45) is -0.406. The summed E-state index contributed by atoms with van der Waals surface area (Å²) in [6, 6.07) is 18.0. The third-order valence-electron chi connectivity index (χ3n) is 3.25. The van der Waals surface area contributed by atoms with Gasteiger partial charge in [-0.1, -0.05) is 42.5 Å². The molecule has 0 amide bonds. The number of hydrogen-bond acceptors (Lipinski definition) is 3. The van der Waals surface area contributed by atoms with Crippen molar-refractivity contribution in [3.8, 4) is 0 Å². The molecule has 0 aliphatic carbocycles. The molecule has 0 saturated heterocycles. The van der Waals surface area contributed by atoms with Gasteiger partial charge >= 0.3 is 0 Å². The van der Waals surface area contributed by atoms with Crippen LogP contribution in [0.4, 0.5) is 0 Å². The number of para-hydroxylation sites is 1. The molecule has 0 aliphatic rings. The van der Waals surface area contributed by atoms with Crippen molar-refractivity contribution in [2.75, 3.05) is 0 Å². The third kappa shape index (κ3) is 2.49. The highest BCUT2D eigenvalue weighted by atomic mass is 16.4.